The Morgan fingerprint density at radius 2 is 1.88 bits per heavy atom. The quantitative estimate of drug-likeness (QED) is 0.906. The summed E-state index contributed by atoms with van der Waals surface area (Å²) in [6.07, 6.45) is 7.09. The van der Waals surface area contributed by atoms with Crippen molar-refractivity contribution in [3.8, 4) is 0 Å². The van der Waals surface area contributed by atoms with Crippen LogP contribution in [0.2, 0.25) is 0 Å². The standard InChI is InChI=1S/C19H22N2O3/c22-18(14-9-10-16-13(12-14)6-5-11-20-16)21-17-8-4-2-1-3-7-15(17)19(23)24/h5-6,9-12,15,17H,1-4,7-8H2,(H,21,22)(H,23,24). The molecule has 0 spiro atoms. The molecule has 24 heavy (non-hydrogen) atoms. The van der Waals surface area contributed by atoms with Crippen molar-refractivity contribution in [1.82, 2.24) is 10.3 Å². The minimum absolute atomic E-state index is 0.211. The van der Waals surface area contributed by atoms with Gasteiger partial charge in [-0.1, -0.05) is 31.7 Å². The number of carboxylic acids is 1. The molecule has 0 radical (unpaired) electrons. The summed E-state index contributed by atoms with van der Waals surface area (Å²) in [5.41, 5.74) is 1.38. The summed E-state index contributed by atoms with van der Waals surface area (Å²) in [7, 11) is 0. The van der Waals surface area contributed by atoms with Crippen LogP contribution in [0.3, 0.4) is 0 Å². The highest BCUT2D eigenvalue weighted by atomic mass is 16.4. The molecule has 0 bridgehead atoms. The molecular formula is C19H22N2O3. The number of nitrogens with one attached hydrogen (secondary N) is 1. The second-order valence-electron chi connectivity index (χ2n) is 6.43. The monoisotopic (exact) mass is 326 g/mol. The van der Waals surface area contributed by atoms with E-state index >= 15 is 0 Å². The molecule has 5 nitrogen and oxygen atoms in total. The molecule has 1 aromatic carbocycles. The predicted molar refractivity (Wildman–Crippen MR) is 91.8 cm³/mol. The zero-order valence-electron chi connectivity index (χ0n) is 13.6. The van der Waals surface area contributed by atoms with Gasteiger partial charge in [-0.2, -0.15) is 0 Å². The number of amides is 1. The van der Waals surface area contributed by atoms with Gasteiger partial charge in [0.15, 0.2) is 0 Å². The molecule has 2 aromatic rings. The smallest absolute Gasteiger partial charge is 0.308 e. The van der Waals surface area contributed by atoms with Crippen LogP contribution in [-0.4, -0.2) is 28.0 Å². The lowest BCUT2D eigenvalue weighted by molar-refractivity contribution is -0.143. The summed E-state index contributed by atoms with van der Waals surface area (Å²) in [6, 6.07) is 8.80. The number of carbonyl (C=O) groups is 2. The Balaban J connectivity index is 1.78. The fourth-order valence-electron chi connectivity index (χ4n) is 3.42. The highest BCUT2D eigenvalue weighted by molar-refractivity contribution is 5.98. The third-order valence-corrected chi connectivity index (χ3v) is 4.76. The van der Waals surface area contributed by atoms with Crippen molar-refractivity contribution >= 4 is 22.8 Å². The van der Waals surface area contributed by atoms with E-state index in [1.165, 1.54) is 0 Å². The molecular weight excluding hydrogens is 304 g/mol. The van der Waals surface area contributed by atoms with E-state index < -0.39 is 11.9 Å². The van der Waals surface area contributed by atoms with Crippen LogP contribution in [0.25, 0.3) is 10.9 Å². The van der Waals surface area contributed by atoms with Crippen LogP contribution in [0.5, 0.6) is 0 Å². The lowest BCUT2D eigenvalue weighted by Gasteiger charge is -2.27. The maximum absolute atomic E-state index is 12.6. The number of hydrogen-bond donors (Lipinski definition) is 2. The zero-order chi connectivity index (χ0) is 16.9. The number of carboxylic acid groups (broad SMARTS) is 1. The molecule has 126 valence electrons. The number of aromatic nitrogens is 1. The van der Waals surface area contributed by atoms with E-state index in [-0.39, 0.29) is 11.9 Å². The van der Waals surface area contributed by atoms with Gasteiger partial charge in [-0.05, 0) is 37.1 Å². The van der Waals surface area contributed by atoms with Gasteiger partial charge in [0, 0.05) is 23.2 Å². The Hall–Kier alpha value is -2.43. The van der Waals surface area contributed by atoms with Crippen molar-refractivity contribution in [2.75, 3.05) is 0 Å². The second-order valence-corrected chi connectivity index (χ2v) is 6.43. The molecule has 1 aliphatic rings. The Morgan fingerprint density at radius 1 is 1.08 bits per heavy atom. The Morgan fingerprint density at radius 3 is 2.67 bits per heavy atom. The van der Waals surface area contributed by atoms with E-state index in [2.05, 4.69) is 10.3 Å². The fraction of sp³-hybridized carbons (Fsp3) is 0.421. The van der Waals surface area contributed by atoms with Gasteiger partial charge in [0.2, 0.25) is 0 Å². The van der Waals surface area contributed by atoms with Crippen molar-refractivity contribution in [2.24, 2.45) is 5.92 Å². The molecule has 2 unspecified atom stereocenters. The minimum atomic E-state index is -0.815. The molecule has 1 aromatic heterocycles. The highest BCUT2D eigenvalue weighted by Crippen LogP contribution is 2.24. The zero-order valence-corrected chi connectivity index (χ0v) is 13.6. The summed E-state index contributed by atoms with van der Waals surface area (Å²) in [5.74, 6) is -1.53. The van der Waals surface area contributed by atoms with Gasteiger partial charge in [-0.25, -0.2) is 0 Å². The second kappa shape index (κ2) is 7.43. The Labute approximate surface area is 141 Å². The van der Waals surface area contributed by atoms with Gasteiger partial charge in [-0.3, -0.25) is 14.6 Å². The topological polar surface area (TPSA) is 79.3 Å². The van der Waals surface area contributed by atoms with E-state index in [9.17, 15) is 14.7 Å². The molecule has 0 aliphatic heterocycles. The first-order valence-electron chi connectivity index (χ1n) is 8.53. The molecule has 2 N–H and O–H groups in total. The summed E-state index contributed by atoms with van der Waals surface area (Å²) in [4.78, 5) is 28.4. The largest absolute Gasteiger partial charge is 0.481 e. The van der Waals surface area contributed by atoms with Crippen molar-refractivity contribution in [3.05, 3.63) is 42.1 Å². The van der Waals surface area contributed by atoms with E-state index in [1.54, 1.807) is 18.3 Å². The summed E-state index contributed by atoms with van der Waals surface area (Å²) >= 11 is 0. The van der Waals surface area contributed by atoms with E-state index in [4.69, 9.17) is 0 Å². The number of aliphatic carboxylic acids is 1. The SMILES string of the molecule is O=C(NC1CCCCCCC1C(=O)O)c1ccc2ncccc2c1. The van der Waals surface area contributed by atoms with Crippen LogP contribution in [0, 0.1) is 5.92 Å². The molecule has 1 fully saturated rings. The van der Waals surface area contributed by atoms with Crippen molar-refractivity contribution in [2.45, 2.75) is 44.6 Å². The van der Waals surface area contributed by atoms with E-state index in [0.717, 1.165) is 43.0 Å². The van der Waals surface area contributed by atoms with Crippen LogP contribution >= 0.6 is 0 Å². The van der Waals surface area contributed by atoms with Gasteiger partial charge in [-0.15, -0.1) is 0 Å². The molecule has 1 amide bonds. The highest BCUT2D eigenvalue weighted by Gasteiger charge is 2.30. The molecule has 1 saturated carbocycles. The van der Waals surface area contributed by atoms with Crippen molar-refractivity contribution < 1.29 is 14.7 Å². The first-order valence-corrected chi connectivity index (χ1v) is 8.53. The maximum Gasteiger partial charge on any atom is 0.308 e. The number of fused-ring (bicyclic) bond motifs is 1. The van der Waals surface area contributed by atoms with Crippen LogP contribution in [0.1, 0.15) is 48.9 Å². The molecule has 5 heteroatoms. The third kappa shape index (κ3) is 3.72. The number of nitrogens with zero attached hydrogens (tertiary/aromatic N) is 1. The van der Waals surface area contributed by atoms with Crippen LogP contribution in [-0.2, 0) is 4.79 Å². The molecule has 0 saturated heterocycles. The Bertz CT molecular complexity index is 744. The molecule has 3 rings (SSSR count). The first kappa shape index (κ1) is 16.4. The van der Waals surface area contributed by atoms with Gasteiger partial charge in [0.05, 0.1) is 11.4 Å². The average Bonchev–Trinajstić information content (AvgIpc) is 2.56. The minimum Gasteiger partial charge on any atom is -0.481 e. The number of rotatable bonds is 3. The number of carbonyl (C=O) groups excluding carboxylic acids is 1. The lowest BCUT2D eigenvalue weighted by atomic mass is 9.86. The summed E-state index contributed by atoms with van der Waals surface area (Å²) in [6.45, 7) is 0. The first-order chi connectivity index (χ1) is 11.6. The lowest BCUT2D eigenvalue weighted by Crippen LogP contribution is -2.43. The predicted octanol–water partition coefficient (Wildman–Crippen LogP) is 3.39. The van der Waals surface area contributed by atoms with Crippen molar-refractivity contribution in [1.29, 1.82) is 0 Å². The molecule has 1 aliphatic carbocycles. The third-order valence-electron chi connectivity index (χ3n) is 4.76. The Kier molecular flexibility index (Phi) is 5.08. The van der Waals surface area contributed by atoms with Crippen LogP contribution in [0.4, 0.5) is 0 Å². The van der Waals surface area contributed by atoms with Gasteiger partial charge in [0.25, 0.3) is 5.91 Å². The van der Waals surface area contributed by atoms with Gasteiger partial charge in [0.1, 0.15) is 0 Å². The summed E-state index contributed by atoms with van der Waals surface area (Å²) < 4.78 is 0. The van der Waals surface area contributed by atoms with Gasteiger partial charge >= 0.3 is 5.97 Å². The van der Waals surface area contributed by atoms with Crippen LogP contribution < -0.4 is 5.32 Å². The summed E-state index contributed by atoms with van der Waals surface area (Å²) in [5, 5.41) is 13.4. The average molecular weight is 326 g/mol. The van der Waals surface area contributed by atoms with Crippen LogP contribution in [0.15, 0.2) is 36.5 Å². The number of hydrogen-bond acceptors (Lipinski definition) is 3. The maximum atomic E-state index is 12.6. The van der Waals surface area contributed by atoms with Crippen molar-refractivity contribution in [3.63, 3.8) is 0 Å². The van der Waals surface area contributed by atoms with E-state index in [1.807, 2.05) is 18.2 Å². The molecule has 1 heterocycles. The number of pyridine rings is 1. The molecule has 2 atom stereocenters. The normalized spacial score (nSPS) is 21.7. The fourth-order valence-corrected chi connectivity index (χ4v) is 3.42. The van der Waals surface area contributed by atoms with Gasteiger partial charge < -0.3 is 10.4 Å². The number of benzene rings is 1. The van der Waals surface area contributed by atoms with E-state index in [0.29, 0.717) is 12.0 Å².